The van der Waals surface area contributed by atoms with E-state index in [0.29, 0.717) is 26.0 Å². The average Bonchev–Trinajstić information content (AvgIpc) is 3.08. The Bertz CT molecular complexity index is 711. The molecule has 6 heteroatoms. The second kappa shape index (κ2) is 10.3. The van der Waals surface area contributed by atoms with Gasteiger partial charge in [0.1, 0.15) is 11.6 Å². The number of carbonyl (C=O) groups is 2. The smallest absolute Gasteiger partial charge is 0.408 e. The first-order chi connectivity index (χ1) is 13.7. The quantitative estimate of drug-likeness (QED) is 0.674. The van der Waals surface area contributed by atoms with Crippen molar-refractivity contribution in [3.05, 3.63) is 61.2 Å². The number of nitrogens with zero attached hydrogens (tertiary/aromatic N) is 1. The van der Waals surface area contributed by atoms with Crippen molar-refractivity contribution in [3.8, 4) is 0 Å². The van der Waals surface area contributed by atoms with Gasteiger partial charge in [0, 0.05) is 6.54 Å². The van der Waals surface area contributed by atoms with Crippen LogP contribution in [0.25, 0.3) is 0 Å². The van der Waals surface area contributed by atoms with E-state index in [2.05, 4.69) is 18.5 Å². The van der Waals surface area contributed by atoms with Crippen LogP contribution in [0.5, 0.6) is 0 Å². The van der Waals surface area contributed by atoms with E-state index < -0.39 is 17.7 Å². The lowest BCUT2D eigenvalue weighted by atomic mass is 10.1. The Morgan fingerprint density at radius 1 is 1.28 bits per heavy atom. The molecule has 1 N–H and O–H groups in total. The van der Waals surface area contributed by atoms with Gasteiger partial charge in [-0.2, -0.15) is 0 Å². The lowest BCUT2D eigenvalue weighted by Crippen LogP contribution is -2.50. The molecular weight excluding hydrogens is 368 g/mol. The summed E-state index contributed by atoms with van der Waals surface area (Å²) in [5.41, 5.74) is 0.447. The fourth-order valence-corrected chi connectivity index (χ4v) is 3.25. The molecule has 0 unspecified atom stereocenters. The molecule has 0 saturated carbocycles. The van der Waals surface area contributed by atoms with Gasteiger partial charge in [0.05, 0.1) is 18.8 Å². The van der Waals surface area contributed by atoms with Crippen molar-refractivity contribution >= 4 is 12.0 Å². The molecule has 2 rings (SSSR count). The number of amides is 2. The molecule has 3 atom stereocenters. The highest BCUT2D eigenvalue weighted by atomic mass is 16.6. The highest BCUT2D eigenvalue weighted by Gasteiger charge is 2.37. The second-order valence-corrected chi connectivity index (χ2v) is 8.17. The van der Waals surface area contributed by atoms with E-state index in [9.17, 15) is 9.59 Å². The number of nitrogens with one attached hydrogen (secondary N) is 1. The highest BCUT2D eigenvalue weighted by Crippen LogP contribution is 2.24. The van der Waals surface area contributed by atoms with Crippen LogP contribution in [0.1, 0.15) is 39.2 Å². The molecule has 1 saturated heterocycles. The molecule has 158 valence electrons. The lowest BCUT2D eigenvalue weighted by Gasteiger charge is -2.28. The Morgan fingerprint density at radius 2 is 1.97 bits per heavy atom. The summed E-state index contributed by atoms with van der Waals surface area (Å²) in [5, 5.41) is 2.67. The van der Waals surface area contributed by atoms with Crippen LogP contribution >= 0.6 is 0 Å². The number of benzene rings is 1. The molecule has 1 fully saturated rings. The van der Waals surface area contributed by atoms with Crippen molar-refractivity contribution in [2.75, 3.05) is 6.54 Å². The maximum absolute atomic E-state index is 13.1. The van der Waals surface area contributed by atoms with E-state index in [-0.39, 0.29) is 18.1 Å². The molecule has 0 bridgehead atoms. The van der Waals surface area contributed by atoms with Crippen LogP contribution in [0.4, 0.5) is 4.79 Å². The van der Waals surface area contributed by atoms with Crippen LogP contribution < -0.4 is 5.32 Å². The lowest BCUT2D eigenvalue weighted by molar-refractivity contribution is -0.134. The van der Waals surface area contributed by atoms with Crippen molar-refractivity contribution < 1.29 is 19.1 Å². The van der Waals surface area contributed by atoms with Gasteiger partial charge in [-0.1, -0.05) is 42.5 Å². The number of hydrogen-bond donors (Lipinski definition) is 1. The van der Waals surface area contributed by atoms with E-state index in [4.69, 9.17) is 9.47 Å². The Kier molecular flexibility index (Phi) is 8.02. The summed E-state index contributed by atoms with van der Waals surface area (Å²) < 4.78 is 11.3. The van der Waals surface area contributed by atoms with Gasteiger partial charge >= 0.3 is 6.09 Å². The monoisotopic (exact) mass is 400 g/mol. The van der Waals surface area contributed by atoms with Gasteiger partial charge in [-0.3, -0.25) is 4.79 Å². The standard InChI is InChI=1S/C23H32N2O4/c1-6-11-20(24-22(27)29-23(3,4)5)21(26)25-15-19(14-18(25)7-2)28-16-17-12-9-8-10-13-17/h6-10,12-13,18-20H,1-2,11,14-16H2,3-5H3,(H,24,27)/t18-,19-,20+/m1/s1. The summed E-state index contributed by atoms with van der Waals surface area (Å²) in [4.78, 5) is 27.0. The Morgan fingerprint density at radius 3 is 2.55 bits per heavy atom. The summed E-state index contributed by atoms with van der Waals surface area (Å²) in [6, 6.07) is 9.04. The van der Waals surface area contributed by atoms with Crippen LogP contribution in [0.2, 0.25) is 0 Å². The van der Waals surface area contributed by atoms with Gasteiger partial charge in [-0.15, -0.1) is 13.2 Å². The first-order valence-corrected chi connectivity index (χ1v) is 9.92. The summed E-state index contributed by atoms with van der Waals surface area (Å²) in [5.74, 6) is -0.188. The summed E-state index contributed by atoms with van der Waals surface area (Å²) in [7, 11) is 0. The predicted octanol–water partition coefficient (Wildman–Crippen LogP) is 3.83. The minimum atomic E-state index is -0.738. The van der Waals surface area contributed by atoms with Crippen LogP contribution in [-0.4, -0.2) is 47.2 Å². The number of alkyl carbamates (subject to hydrolysis) is 1. The molecule has 6 nitrogen and oxygen atoms in total. The Hall–Kier alpha value is -2.60. The molecule has 1 aromatic carbocycles. The van der Waals surface area contributed by atoms with Crippen molar-refractivity contribution in [2.45, 2.75) is 64.0 Å². The van der Waals surface area contributed by atoms with Gasteiger partial charge in [0.25, 0.3) is 0 Å². The highest BCUT2D eigenvalue weighted by molar-refractivity contribution is 5.86. The third kappa shape index (κ3) is 7.06. The van der Waals surface area contributed by atoms with Crippen molar-refractivity contribution in [2.24, 2.45) is 0 Å². The molecule has 1 heterocycles. The van der Waals surface area contributed by atoms with E-state index in [1.807, 2.05) is 30.3 Å². The van der Waals surface area contributed by atoms with Crippen molar-refractivity contribution in [3.63, 3.8) is 0 Å². The van der Waals surface area contributed by atoms with E-state index in [1.54, 1.807) is 37.8 Å². The maximum atomic E-state index is 13.1. The predicted molar refractivity (Wildman–Crippen MR) is 113 cm³/mol. The van der Waals surface area contributed by atoms with Gasteiger partial charge in [0.15, 0.2) is 0 Å². The van der Waals surface area contributed by atoms with E-state index in [1.165, 1.54) is 0 Å². The zero-order valence-corrected chi connectivity index (χ0v) is 17.6. The van der Waals surface area contributed by atoms with E-state index >= 15 is 0 Å². The number of likely N-dealkylation sites (tertiary alicyclic amines) is 1. The number of ether oxygens (including phenoxy) is 2. The number of carbonyl (C=O) groups excluding carboxylic acids is 2. The molecular formula is C23H32N2O4. The molecule has 29 heavy (non-hydrogen) atoms. The fourth-order valence-electron chi connectivity index (χ4n) is 3.25. The zero-order chi connectivity index (χ0) is 21.4. The summed E-state index contributed by atoms with van der Waals surface area (Å²) in [6.45, 7) is 13.8. The minimum Gasteiger partial charge on any atom is -0.444 e. The topological polar surface area (TPSA) is 67.9 Å². The van der Waals surface area contributed by atoms with Gasteiger partial charge < -0.3 is 19.7 Å². The molecule has 1 aromatic rings. The zero-order valence-electron chi connectivity index (χ0n) is 17.6. The fraction of sp³-hybridized carbons (Fsp3) is 0.478. The molecule has 0 radical (unpaired) electrons. The molecule has 2 amide bonds. The normalized spacial score (nSPS) is 20.0. The molecule has 1 aliphatic heterocycles. The second-order valence-electron chi connectivity index (χ2n) is 8.17. The summed E-state index contributed by atoms with van der Waals surface area (Å²) in [6.07, 6.45) is 3.64. The SMILES string of the molecule is C=CC[C@H](NC(=O)OC(C)(C)C)C(=O)N1C[C@H](OCc2ccccc2)C[C@H]1C=C. The van der Waals surface area contributed by atoms with E-state index in [0.717, 1.165) is 5.56 Å². The molecule has 1 aliphatic rings. The Labute approximate surface area is 173 Å². The van der Waals surface area contributed by atoms with Crippen molar-refractivity contribution in [1.82, 2.24) is 10.2 Å². The maximum Gasteiger partial charge on any atom is 0.408 e. The first kappa shape index (κ1) is 22.7. The average molecular weight is 401 g/mol. The summed E-state index contributed by atoms with van der Waals surface area (Å²) >= 11 is 0. The van der Waals surface area contributed by atoms with Crippen LogP contribution in [0.3, 0.4) is 0 Å². The van der Waals surface area contributed by atoms with Gasteiger partial charge in [0.2, 0.25) is 5.91 Å². The van der Waals surface area contributed by atoms with Gasteiger partial charge in [-0.05, 0) is 39.2 Å². The largest absolute Gasteiger partial charge is 0.444 e. The molecule has 0 aromatic heterocycles. The third-order valence-corrected chi connectivity index (χ3v) is 4.58. The van der Waals surface area contributed by atoms with Crippen LogP contribution in [0.15, 0.2) is 55.6 Å². The molecule has 0 spiro atoms. The Balaban J connectivity index is 2.00. The van der Waals surface area contributed by atoms with Gasteiger partial charge in [-0.25, -0.2) is 4.79 Å². The first-order valence-electron chi connectivity index (χ1n) is 9.92. The number of rotatable bonds is 8. The van der Waals surface area contributed by atoms with Crippen LogP contribution in [0, 0.1) is 0 Å². The minimum absolute atomic E-state index is 0.0898. The van der Waals surface area contributed by atoms with Crippen LogP contribution in [-0.2, 0) is 20.9 Å². The molecule has 0 aliphatic carbocycles. The third-order valence-electron chi connectivity index (χ3n) is 4.58. The number of hydrogen-bond acceptors (Lipinski definition) is 4. The van der Waals surface area contributed by atoms with Crippen molar-refractivity contribution in [1.29, 1.82) is 0 Å².